The third kappa shape index (κ3) is 7.70. The van der Waals surface area contributed by atoms with E-state index >= 15 is 0 Å². The van der Waals surface area contributed by atoms with E-state index in [1.807, 2.05) is 13.0 Å². The lowest BCUT2D eigenvalue weighted by Crippen LogP contribution is -2.54. The molecule has 36 heavy (non-hydrogen) atoms. The second-order valence-electron chi connectivity index (χ2n) is 9.13. The van der Waals surface area contributed by atoms with Crippen LogP contribution in [0, 0.1) is 0 Å². The number of amides is 2. The molecule has 10 heteroatoms. The highest BCUT2D eigenvalue weighted by Crippen LogP contribution is 2.25. The molecule has 1 atom stereocenters. The van der Waals surface area contributed by atoms with Crippen LogP contribution in [0.15, 0.2) is 53.0 Å². The average Bonchev–Trinajstić information content (AvgIpc) is 2.83. The van der Waals surface area contributed by atoms with Crippen LogP contribution in [0.2, 0.25) is 5.02 Å². The smallest absolute Gasteiger partial charge is 0.244 e. The molecule has 0 bridgehead atoms. The maximum atomic E-state index is 13.8. The van der Waals surface area contributed by atoms with Crippen molar-refractivity contribution in [2.75, 3.05) is 17.1 Å². The number of halogens is 2. The van der Waals surface area contributed by atoms with E-state index in [2.05, 4.69) is 21.2 Å². The zero-order valence-corrected chi connectivity index (χ0v) is 23.8. The zero-order valence-electron chi connectivity index (χ0n) is 20.6. The molecule has 0 heterocycles. The Morgan fingerprint density at radius 2 is 1.81 bits per heavy atom. The number of carbonyl (C=O) groups is 2. The monoisotopic (exact) mass is 597 g/mol. The van der Waals surface area contributed by atoms with Crippen LogP contribution in [0.4, 0.5) is 5.69 Å². The summed E-state index contributed by atoms with van der Waals surface area (Å²) in [6.45, 7) is 1.50. The summed E-state index contributed by atoms with van der Waals surface area (Å²) < 4.78 is 27.1. The predicted molar refractivity (Wildman–Crippen MR) is 147 cm³/mol. The standard InChI is InChI=1S/C26H33BrClN3O4S/c1-3-24(26(33)29-21-12-5-4-6-13-21)30(17-19-10-7-8-15-23(19)28)25(32)18-31(36(2,34)35)22-14-9-11-20(27)16-22/h7-11,14-16,21,24H,3-6,12-13,17-18H2,1-2H3,(H,29,33). The van der Waals surface area contributed by atoms with E-state index in [0.717, 1.165) is 42.7 Å². The summed E-state index contributed by atoms with van der Waals surface area (Å²) in [5, 5.41) is 3.60. The van der Waals surface area contributed by atoms with Crippen LogP contribution in [0.1, 0.15) is 51.0 Å². The third-order valence-electron chi connectivity index (χ3n) is 6.41. The van der Waals surface area contributed by atoms with Gasteiger partial charge in [0.15, 0.2) is 0 Å². The molecule has 1 fully saturated rings. The van der Waals surface area contributed by atoms with Crippen molar-refractivity contribution in [3.63, 3.8) is 0 Å². The Balaban J connectivity index is 1.92. The molecule has 1 aliphatic carbocycles. The Bertz CT molecular complexity index is 1170. The lowest BCUT2D eigenvalue weighted by Gasteiger charge is -2.34. The van der Waals surface area contributed by atoms with Crippen molar-refractivity contribution in [3.05, 3.63) is 63.6 Å². The van der Waals surface area contributed by atoms with E-state index in [1.54, 1.807) is 42.5 Å². The first kappa shape index (κ1) is 28.5. The highest BCUT2D eigenvalue weighted by atomic mass is 79.9. The minimum Gasteiger partial charge on any atom is -0.352 e. The summed E-state index contributed by atoms with van der Waals surface area (Å²) >= 11 is 9.76. The van der Waals surface area contributed by atoms with Crippen LogP contribution in [0.25, 0.3) is 0 Å². The van der Waals surface area contributed by atoms with Gasteiger partial charge in [0.2, 0.25) is 21.8 Å². The molecular weight excluding hydrogens is 566 g/mol. The fourth-order valence-corrected chi connectivity index (χ4v) is 5.94. The van der Waals surface area contributed by atoms with Gasteiger partial charge in [-0.1, -0.05) is 78.0 Å². The van der Waals surface area contributed by atoms with E-state index in [4.69, 9.17) is 11.6 Å². The van der Waals surface area contributed by atoms with Crippen LogP contribution in [0.3, 0.4) is 0 Å². The van der Waals surface area contributed by atoms with Crippen LogP contribution in [0.5, 0.6) is 0 Å². The van der Waals surface area contributed by atoms with E-state index in [0.29, 0.717) is 27.2 Å². The van der Waals surface area contributed by atoms with Crippen molar-refractivity contribution in [1.82, 2.24) is 10.2 Å². The number of hydrogen-bond donors (Lipinski definition) is 1. The number of rotatable bonds is 10. The highest BCUT2D eigenvalue weighted by Gasteiger charge is 2.33. The first-order valence-corrected chi connectivity index (χ1v) is 15.2. The minimum absolute atomic E-state index is 0.0885. The van der Waals surface area contributed by atoms with Crippen LogP contribution >= 0.6 is 27.5 Å². The quantitative estimate of drug-likeness (QED) is 0.411. The second kappa shape index (κ2) is 12.9. The summed E-state index contributed by atoms with van der Waals surface area (Å²) in [7, 11) is -3.78. The molecule has 3 rings (SSSR count). The lowest BCUT2D eigenvalue weighted by atomic mass is 9.95. The fraction of sp³-hybridized carbons (Fsp3) is 0.462. The molecule has 7 nitrogen and oxygen atoms in total. The topological polar surface area (TPSA) is 86.8 Å². The molecule has 0 spiro atoms. The molecule has 2 aromatic rings. The normalized spacial score (nSPS) is 15.2. The number of hydrogen-bond acceptors (Lipinski definition) is 4. The van der Waals surface area contributed by atoms with E-state index in [9.17, 15) is 18.0 Å². The summed E-state index contributed by atoms with van der Waals surface area (Å²) in [6.07, 6.45) is 6.59. The molecule has 2 amide bonds. The van der Waals surface area contributed by atoms with Crippen molar-refractivity contribution in [2.24, 2.45) is 0 Å². The number of anilines is 1. The van der Waals surface area contributed by atoms with Gasteiger partial charge in [-0.3, -0.25) is 13.9 Å². The van der Waals surface area contributed by atoms with Gasteiger partial charge >= 0.3 is 0 Å². The van der Waals surface area contributed by atoms with E-state index in [-0.39, 0.29) is 18.5 Å². The summed E-state index contributed by atoms with van der Waals surface area (Å²) in [6, 6.07) is 13.2. The largest absolute Gasteiger partial charge is 0.352 e. The maximum Gasteiger partial charge on any atom is 0.244 e. The average molecular weight is 599 g/mol. The molecule has 1 aliphatic rings. The molecule has 2 aromatic carbocycles. The van der Waals surface area contributed by atoms with Gasteiger partial charge in [-0.25, -0.2) is 8.42 Å². The molecule has 0 aromatic heterocycles. The Hall–Kier alpha value is -2.10. The summed E-state index contributed by atoms with van der Waals surface area (Å²) in [5.74, 6) is -0.705. The van der Waals surface area contributed by atoms with E-state index < -0.39 is 28.5 Å². The predicted octanol–water partition coefficient (Wildman–Crippen LogP) is 5.12. The van der Waals surface area contributed by atoms with Gasteiger partial charge in [0.25, 0.3) is 0 Å². The van der Waals surface area contributed by atoms with Crippen molar-refractivity contribution in [1.29, 1.82) is 0 Å². The lowest BCUT2D eigenvalue weighted by molar-refractivity contribution is -0.140. The van der Waals surface area contributed by atoms with Crippen molar-refractivity contribution < 1.29 is 18.0 Å². The Kier molecular flexibility index (Phi) is 10.2. The molecule has 0 saturated heterocycles. The summed E-state index contributed by atoms with van der Waals surface area (Å²) in [4.78, 5) is 28.6. The molecule has 0 aliphatic heterocycles. The van der Waals surface area contributed by atoms with Gasteiger partial charge in [0.1, 0.15) is 12.6 Å². The van der Waals surface area contributed by atoms with Gasteiger partial charge in [0.05, 0.1) is 11.9 Å². The van der Waals surface area contributed by atoms with Gasteiger partial charge < -0.3 is 10.2 Å². The number of sulfonamides is 1. The molecule has 1 unspecified atom stereocenters. The minimum atomic E-state index is -3.78. The fourth-order valence-electron chi connectivity index (χ4n) is 4.52. The molecular formula is C26H33BrClN3O4S. The first-order chi connectivity index (χ1) is 17.1. The SMILES string of the molecule is CCC(C(=O)NC1CCCCC1)N(Cc1ccccc1Cl)C(=O)CN(c1cccc(Br)c1)S(C)(=O)=O. The van der Waals surface area contributed by atoms with Gasteiger partial charge in [-0.05, 0) is 49.1 Å². The van der Waals surface area contributed by atoms with Crippen molar-refractivity contribution in [2.45, 2.75) is 64.1 Å². The summed E-state index contributed by atoms with van der Waals surface area (Å²) in [5.41, 5.74) is 1.04. The molecule has 196 valence electrons. The highest BCUT2D eigenvalue weighted by molar-refractivity contribution is 9.10. The zero-order chi connectivity index (χ0) is 26.3. The number of carbonyl (C=O) groups excluding carboxylic acids is 2. The maximum absolute atomic E-state index is 13.8. The van der Waals surface area contributed by atoms with Gasteiger partial charge in [-0.2, -0.15) is 0 Å². The van der Waals surface area contributed by atoms with Crippen molar-refractivity contribution in [3.8, 4) is 0 Å². The second-order valence-corrected chi connectivity index (χ2v) is 12.4. The Labute approximate surface area is 227 Å². The third-order valence-corrected chi connectivity index (χ3v) is 8.41. The van der Waals surface area contributed by atoms with E-state index in [1.165, 1.54) is 4.90 Å². The number of nitrogens with one attached hydrogen (secondary N) is 1. The first-order valence-electron chi connectivity index (χ1n) is 12.2. The van der Waals surface area contributed by atoms with Crippen LogP contribution in [-0.4, -0.2) is 50.0 Å². The molecule has 1 saturated carbocycles. The number of benzene rings is 2. The number of nitrogens with zero attached hydrogens (tertiary/aromatic N) is 2. The Morgan fingerprint density at radius 1 is 1.11 bits per heavy atom. The van der Waals surface area contributed by atoms with Crippen molar-refractivity contribution >= 4 is 55.1 Å². The Morgan fingerprint density at radius 3 is 2.42 bits per heavy atom. The van der Waals surface area contributed by atoms with Crippen LogP contribution < -0.4 is 9.62 Å². The van der Waals surface area contributed by atoms with Gasteiger partial charge in [0, 0.05) is 22.1 Å². The molecule has 1 N–H and O–H groups in total. The van der Waals surface area contributed by atoms with Crippen LogP contribution in [-0.2, 0) is 26.2 Å². The van der Waals surface area contributed by atoms with Gasteiger partial charge in [-0.15, -0.1) is 0 Å². The molecule has 0 radical (unpaired) electrons.